The highest BCUT2D eigenvalue weighted by atomic mass is 16.3. The maximum Gasteiger partial charge on any atom is 0.143 e. The lowest BCUT2D eigenvalue weighted by Gasteiger charge is -2.28. The highest BCUT2D eigenvalue weighted by Gasteiger charge is 2.20. The van der Waals surface area contributed by atoms with Crippen molar-refractivity contribution >= 4 is 93.1 Å². The van der Waals surface area contributed by atoms with E-state index < -0.39 is 0 Å². The summed E-state index contributed by atoms with van der Waals surface area (Å²) < 4.78 is 8.94. The molecule has 57 heavy (non-hydrogen) atoms. The van der Waals surface area contributed by atoms with Crippen LogP contribution in [0.15, 0.2) is 211 Å². The van der Waals surface area contributed by atoms with Crippen LogP contribution in [0, 0.1) is 0 Å². The summed E-state index contributed by atoms with van der Waals surface area (Å²) in [5, 5.41) is 11.9. The molecular formula is C54H34N2O. The molecule has 0 saturated carbocycles. The van der Waals surface area contributed by atoms with Crippen LogP contribution in [0.1, 0.15) is 0 Å². The van der Waals surface area contributed by atoms with Gasteiger partial charge in [-0.25, -0.2) is 0 Å². The Morgan fingerprint density at radius 2 is 1.00 bits per heavy atom. The van der Waals surface area contributed by atoms with Gasteiger partial charge in [0.25, 0.3) is 0 Å². The van der Waals surface area contributed by atoms with Crippen molar-refractivity contribution in [2.24, 2.45) is 0 Å². The van der Waals surface area contributed by atoms with Crippen LogP contribution in [0.5, 0.6) is 0 Å². The summed E-state index contributed by atoms with van der Waals surface area (Å²) in [5.41, 5.74) is 11.0. The van der Waals surface area contributed by atoms with Gasteiger partial charge in [0.15, 0.2) is 0 Å². The van der Waals surface area contributed by atoms with Gasteiger partial charge in [0.1, 0.15) is 11.2 Å². The van der Waals surface area contributed by atoms with E-state index in [1.54, 1.807) is 0 Å². The first-order valence-electron chi connectivity index (χ1n) is 19.5. The van der Waals surface area contributed by atoms with E-state index in [-0.39, 0.29) is 0 Å². The molecule has 0 radical (unpaired) electrons. The van der Waals surface area contributed by atoms with Crippen LogP contribution in [0.3, 0.4) is 0 Å². The lowest BCUT2D eigenvalue weighted by Crippen LogP contribution is -2.10. The van der Waals surface area contributed by atoms with E-state index >= 15 is 0 Å². The summed E-state index contributed by atoms with van der Waals surface area (Å²) in [4.78, 5) is 2.41. The first kappa shape index (κ1) is 31.7. The molecule has 0 saturated heterocycles. The molecular weight excluding hydrogens is 693 g/mol. The average Bonchev–Trinajstić information content (AvgIpc) is 3.83. The zero-order valence-electron chi connectivity index (χ0n) is 30.9. The standard InChI is InChI=1S/C54H34N2O/c1-2-14-39(15-3-1)56-50-21-11-10-20-46(50)48-32-37(25-30-51(48)56)35-22-26-40(27-23-35)55(52-33-38-13-5-6-16-42(38)44-18-8-9-19-45(44)52)41-28-31-53-49(34-41)47-29-24-36-12-4-7-17-43(36)54(47)57-53/h1-34H. The van der Waals surface area contributed by atoms with Gasteiger partial charge in [0, 0.05) is 49.4 Å². The number of benzene rings is 10. The van der Waals surface area contributed by atoms with Gasteiger partial charge in [-0.15, -0.1) is 0 Å². The average molecular weight is 727 g/mol. The number of para-hydroxylation sites is 2. The lowest BCUT2D eigenvalue weighted by molar-refractivity contribution is 0.672. The van der Waals surface area contributed by atoms with E-state index in [9.17, 15) is 0 Å². The number of hydrogen-bond acceptors (Lipinski definition) is 2. The summed E-state index contributed by atoms with van der Waals surface area (Å²) in [7, 11) is 0. The summed E-state index contributed by atoms with van der Waals surface area (Å²) in [6.45, 7) is 0. The molecule has 0 fully saturated rings. The van der Waals surface area contributed by atoms with Crippen molar-refractivity contribution in [3.05, 3.63) is 206 Å². The fraction of sp³-hybridized carbons (Fsp3) is 0. The molecule has 0 unspecified atom stereocenters. The van der Waals surface area contributed by atoms with Gasteiger partial charge in [0.2, 0.25) is 0 Å². The number of rotatable bonds is 5. The van der Waals surface area contributed by atoms with Crippen LogP contribution in [-0.4, -0.2) is 4.57 Å². The first-order chi connectivity index (χ1) is 28.3. The molecule has 10 aromatic carbocycles. The van der Waals surface area contributed by atoms with Crippen LogP contribution in [0.2, 0.25) is 0 Å². The predicted octanol–water partition coefficient (Wildman–Crippen LogP) is 15.3. The second-order valence-corrected chi connectivity index (χ2v) is 14.9. The zero-order valence-corrected chi connectivity index (χ0v) is 30.9. The molecule has 0 bridgehead atoms. The van der Waals surface area contributed by atoms with Gasteiger partial charge in [0.05, 0.1) is 16.7 Å². The van der Waals surface area contributed by atoms with E-state index in [1.807, 2.05) is 0 Å². The topological polar surface area (TPSA) is 21.3 Å². The zero-order chi connectivity index (χ0) is 37.5. The fourth-order valence-corrected chi connectivity index (χ4v) is 9.09. The van der Waals surface area contributed by atoms with Gasteiger partial charge >= 0.3 is 0 Å². The number of nitrogens with zero attached hydrogens (tertiary/aromatic N) is 2. The van der Waals surface area contributed by atoms with Crippen LogP contribution in [-0.2, 0) is 0 Å². The minimum atomic E-state index is 0.882. The molecule has 3 nitrogen and oxygen atoms in total. The summed E-state index contributed by atoms with van der Waals surface area (Å²) in [6.07, 6.45) is 0. The molecule has 12 rings (SSSR count). The van der Waals surface area contributed by atoms with Gasteiger partial charge in [-0.3, -0.25) is 0 Å². The van der Waals surface area contributed by atoms with E-state index in [0.29, 0.717) is 0 Å². The molecule has 266 valence electrons. The number of aromatic nitrogens is 1. The molecule has 0 aliphatic heterocycles. The third-order valence-electron chi connectivity index (χ3n) is 11.7. The summed E-state index contributed by atoms with van der Waals surface area (Å²) in [5.74, 6) is 0. The third kappa shape index (κ3) is 4.92. The van der Waals surface area contributed by atoms with E-state index in [2.05, 4.69) is 216 Å². The van der Waals surface area contributed by atoms with Crippen molar-refractivity contribution in [1.29, 1.82) is 0 Å². The van der Waals surface area contributed by atoms with Crippen LogP contribution in [0.25, 0.3) is 92.9 Å². The quantitative estimate of drug-likeness (QED) is 0.165. The Morgan fingerprint density at radius 3 is 1.84 bits per heavy atom. The number of hydrogen-bond donors (Lipinski definition) is 0. The molecule has 0 aliphatic rings. The van der Waals surface area contributed by atoms with Crippen molar-refractivity contribution in [3.63, 3.8) is 0 Å². The minimum Gasteiger partial charge on any atom is -0.455 e. The number of anilines is 3. The molecule has 0 amide bonds. The van der Waals surface area contributed by atoms with Gasteiger partial charge in [-0.05, 0) is 105 Å². The first-order valence-corrected chi connectivity index (χ1v) is 19.5. The predicted molar refractivity (Wildman–Crippen MR) is 241 cm³/mol. The van der Waals surface area contributed by atoms with Gasteiger partial charge in [-0.1, -0.05) is 133 Å². The van der Waals surface area contributed by atoms with Crippen molar-refractivity contribution < 1.29 is 4.42 Å². The number of furan rings is 1. The fourth-order valence-electron chi connectivity index (χ4n) is 9.09. The summed E-state index contributed by atoms with van der Waals surface area (Å²) >= 11 is 0. The summed E-state index contributed by atoms with van der Waals surface area (Å²) in [6, 6.07) is 74.6. The molecule has 0 N–H and O–H groups in total. The van der Waals surface area contributed by atoms with Crippen molar-refractivity contribution in [2.75, 3.05) is 4.90 Å². The Bertz CT molecular complexity index is 3520. The molecule has 2 aromatic heterocycles. The minimum absolute atomic E-state index is 0.882. The van der Waals surface area contributed by atoms with Crippen molar-refractivity contribution in [2.45, 2.75) is 0 Å². The molecule has 0 atom stereocenters. The maximum absolute atomic E-state index is 6.57. The Balaban J connectivity index is 1.04. The smallest absolute Gasteiger partial charge is 0.143 e. The molecule has 2 heterocycles. The van der Waals surface area contributed by atoms with E-state index in [4.69, 9.17) is 4.42 Å². The number of fused-ring (bicyclic) bond motifs is 11. The van der Waals surface area contributed by atoms with Crippen LogP contribution in [0.4, 0.5) is 17.1 Å². The Morgan fingerprint density at radius 1 is 0.351 bits per heavy atom. The molecule has 0 spiro atoms. The van der Waals surface area contributed by atoms with Crippen molar-refractivity contribution in [3.8, 4) is 16.8 Å². The second-order valence-electron chi connectivity index (χ2n) is 14.9. The van der Waals surface area contributed by atoms with Crippen molar-refractivity contribution in [1.82, 2.24) is 4.57 Å². The third-order valence-corrected chi connectivity index (χ3v) is 11.7. The largest absolute Gasteiger partial charge is 0.455 e. The Kier molecular flexibility index (Phi) is 6.93. The molecule has 0 aliphatic carbocycles. The Labute approximate surface area is 328 Å². The molecule has 3 heteroatoms. The van der Waals surface area contributed by atoms with E-state index in [1.165, 1.54) is 59.9 Å². The highest BCUT2D eigenvalue weighted by molar-refractivity contribution is 6.17. The van der Waals surface area contributed by atoms with Gasteiger partial charge in [-0.2, -0.15) is 0 Å². The Hall–Kier alpha value is -7.62. The SMILES string of the molecule is c1ccc(-n2c3ccccc3c3cc(-c4ccc(N(c5ccc6oc7c8ccccc8ccc7c6c5)c5cc6ccccc6c6ccccc56)cc4)ccc32)cc1. The highest BCUT2D eigenvalue weighted by Crippen LogP contribution is 2.45. The monoisotopic (exact) mass is 726 g/mol. The van der Waals surface area contributed by atoms with Gasteiger partial charge < -0.3 is 13.9 Å². The van der Waals surface area contributed by atoms with E-state index in [0.717, 1.165) is 50.1 Å². The second kappa shape index (κ2) is 12.5. The maximum atomic E-state index is 6.57. The lowest BCUT2D eigenvalue weighted by atomic mass is 9.98. The van der Waals surface area contributed by atoms with Crippen LogP contribution < -0.4 is 4.90 Å². The normalized spacial score (nSPS) is 11.9. The van der Waals surface area contributed by atoms with Crippen LogP contribution >= 0.6 is 0 Å². The molecule has 12 aromatic rings.